The molecule has 1 fully saturated rings. The Morgan fingerprint density at radius 3 is 2.45 bits per heavy atom. The van der Waals surface area contributed by atoms with Crippen LogP contribution in [0.15, 0.2) is 6.07 Å². The topological polar surface area (TPSA) is 34.2 Å². The molecule has 0 unspecified atom stereocenters. The molecule has 5 nitrogen and oxygen atoms in total. The third-order valence-electron chi connectivity index (χ3n) is 4.95. The van der Waals surface area contributed by atoms with Gasteiger partial charge in [0.25, 0.3) is 0 Å². The van der Waals surface area contributed by atoms with E-state index in [1.807, 2.05) is 0 Å². The van der Waals surface area contributed by atoms with Gasteiger partial charge < -0.3 is 24.0 Å². The Morgan fingerprint density at radius 1 is 1.09 bits per heavy atom. The summed E-state index contributed by atoms with van der Waals surface area (Å²) in [5, 5.41) is 0. The van der Waals surface area contributed by atoms with Crippen LogP contribution in [-0.4, -0.2) is 59.0 Å². The number of methoxy groups -OCH3 is 3. The third kappa shape index (κ3) is 2.47. The summed E-state index contributed by atoms with van der Waals surface area (Å²) in [6.45, 7) is 3.29. The summed E-state index contributed by atoms with van der Waals surface area (Å²) in [4.78, 5) is 4.91. The van der Waals surface area contributed by atoms with Crippen molar-refractivity contribution in [3.63, 3.8) is 0 Å². The molecule has 5 heteroatoms. The monoisotopic (exact) mass is 306 g/mol. The van der Waals surface area contributed by atoms with Crippen molar-refractivity contribution in [1.82, 2.24) is 4.90 Å². The lowest BCUT2D eigenvalue weighted by molar-refractivity contribution is 0.310. The van der Waals surface area contributed by atoms with Crippen LogP contribution in [0.3, 0.4) is 0 Å². The van der Waals surface area contributed by atoms with E-state index in [9.17, 15) is 0 Å². The lowest BCUT2D eigenvalue weighted by Crippen LogP contribution is -2.37. The average molecular weight is 306 g/mol. The summed E-state index contributed by atoms with van der Waals surface area (Å²) in [7, 11) is 7.26. The SMILES string of the molecule is COc1cc2c(c(OC)c1OC)N(C[C@H]1CCCN1C)CC2. The molecule has 1 atom stereocenters. The Balaban J connectivity index is 1.94. The van der Waals surface area contributed by atoms with Gasteiger partial charge in [-0.1, -0.05) is 0 Å². The molecule has 3 rings (SSSR count). The Labute approximate surface area is 132 Å². The molecular formula is C17H26N2O3. The highest BCUT2D eigenvalue weighted by Gasteiger charge is 2.32. The lowest BCUT2D eigenvalue weighted by Gasteiger charge is -2.29. The zero-order valence-corrected chi connectivity index (χ0v) is 14.0. The Morgan fingerprint density at radius 2 is 1.86 bits per heavy atom. The molecule has 2 aliphatic heterocycles. The van der Waals surface area contributed by atoms with Crippen LogP contribution in [-0.2, 0) is 6.42 Å². The molecule has 0 radical (unpaired) electrons. The summed E-state index contributed by atoms with van der Waals surface area (Å²) in [6.07, 6.45) is 3.60. The van der Waals surface area contributed by atoms with Crippen molar-refractivity contribution in [1.29, 1.82) is 0 Å². The van der Waals surface area contributed by atoms with Crippen LogP contribution in [0.2, 0.25) is 0 Å². The number of rotatable bonds is 5. The van der Waals surface area contributed by atoms with Crippen molar-refractivity contribution in [2.45, 2.75) is 25.3 Å². The molecule has 0 N–H and O–H groups in total. The highest BCUT2D eigenvalue weighted by molar-refractivity contribution is 5.75. The molecule has 2 heterocycles. The molecule has 0 saturated carbocycles. The molecule has 0 amide bonds. The maximum atomic E-state index is 5.68. The number of anilines is 1. The Hall–Kier alpha value is -1.62. The van der Waals surface area contributed by atoms with Crippen LogP contribution < -0.4 is 19.1 Å². The Kier molecular flexibility index (Phi) is 4.34. The van der Waals surface area contributed by atoms with Gasteiger partial charge in [-0.15, -0.1) is 0 Å². The van der Waals surface area contributed by atoms with Crippen LogP contribution in [0.1, 0.15) is 18.4 Å². The second kappa shape index (κ2) is 6.24. The van der Waals surface area contributed by atoms with Crippen molar-refractivity contribution in [2.75, 3.05) is 52.9 Å². The van der Waals surface area contributed by atoms with Crippen molar-refractivity contribution in [3.8, 4) is 17.2 Å². The number of ether oxygens (including phenoxy) is 3. The van der Waals surface area contributed by atoms with Gasteiger partial charge in [0.1, 0.15) is 0 Å². The summed E-state index contributed by atoms with van der Waals surface area (Å²) >= 11 is 0. The average Bonchev–Trinajstić information content (AvgIpc) is 3.12. The van der Waals surface area contributed by atoms with Crippen molar-refractivity contribution < 1.29 is 14.2 Å². The molecule has 2 aliphatic rings. The van der Waals surface area contributed by atoms with E-state index in [1.54, 1.807) is 21.3 Å². The fourth-order valence-corrected chi connectivity index (χ4v) is 3.74. The Bertz CT molecular complexity index is 547. The second-order valence-electron chi connectivity index (χ2n) is 6.13. The zero-order valence-electron chi connectivity index (χ0n) is 14.0. The molecule has 1 aromatic carbocycles. The standard InChI is InChI=1S/C17H26N2O3/c1-18-8-5-6-13(18)11-19-9-7-12-10-14(20-2)16(21-3)17(22-4)15(12)19/h10,13H,5-9,11H2,1-4H3/t13-/m1/s1. The van der Waals surface area contributed by atoms with Gasteiger partial charge in [-0.2, -0.15) is 0 Å². The largest absolute Gasteiger partial charge is 0.493 e. The van der Waals surface area contributed by atoms with Gasteiger partial charge in [0.15, 0.2) is 11.5 Å². The number of nitrogens with zero attached hydrogens (tertiary/aromatic N) is 2. The summed E-state index contributed by atoms with van der Waals surface area (Å²) < 4.78 is 16.7. The zero-order chi connectivity index (χ0) is 15.7. The fourth-order valence-electron chi connectivity index (χ4n) is 3.74. The van der Waals surface area contributed by atoms with E-state index in [-0.39, 0.29) is 0 Å². The third-order valence-corrected chi connectivity index (χ3v) is 4.95. The number of likely N-dealkylation sites (tertiary alicyclic amines) is 1. The van der Waals surface area contributed by atoms with Crippen molar-refractivity contribution >= 4 is 5.69 Å². The highest BCUT2D eigenvalue weighted by Crippen LogP contribution is 2.49. The maximum absolute atomic E-state index is 5.68. The minimum absolute atomic E-state index is 0.628. The first-order valence-electron chi connectivity index (χ1n) is 7.96. The van der Waals surface area contributed by atoms with Crippen LogP contribution in [0.4, 0.5) is 5.69 Å². The van der Waals surface area contributed by atoms with E-state index in [2.05, 4.69) is 22.9 Å². The van der Waals surface area contributed by atoms with E-state index in [0.29, 0.717) is 11.8 Å². The first-order valence-corrected chi connectivity index (χ1v) is 7.96. The maximum Gasteiger partial charge on any atom is 0.205 e. The molecule has 0 aromatic heterocycles. The first kappa shape index (κ1) is 15.3. The summed E-state index contributed by atoms with van der Waals surface area (Å²) in [5.41, 5.74) is 2.47. The predicted molar refractivity (Wildman–Crippen MR) is 87.7 cm³/mol. The molecule has 0 bridgehead atoms. The van der Waals surface area contributed by atoms with Crippen LogP contribution in [0.25, 0.3) is 0 Å². The number of hydrogen-bond donors (Lipinski definition) is 0. The normalized spacial score (nSPS) is 21.1. The van der Waals surface area contributed by atoms with E-state index in [4.69, 9.17) is 14.2 Å². The quantitative estimate of drug-likeness (QED) is 0.833. The number of hydrogen-bond acceptors (Lipinski definition) is 5. The van der Waals surface area contributed by atoms with Crippen molar-refractivity contribution in [3.05, 3.63) is 11.6 Å². The van der Waals surface area contributed by atoms with Gasteiger partial charge in [0.2, 0.25) is 5.75 Å². The van der Waals surface area contributed by atoms with Gasteiger partial charge in [0, 0.05) is 19.1 Å². The number of fused-ring (bicyclic) bond motifs is 1. The van der Waals surface area contributed by atoms with Crippen LogP contribution in [0, 0.1) is 0 Å². The number of benzene rings is 1. The van der Waals surface area contributed by atoms with Gasteiger partial charge in [-0.25, -0.2) is 0 Å². The van der Waals surface area contributed by atoms with Gasteiger partial charge in [-0.3, -0.25) is 0 Å². The van der Waals surface area contributed by atoms with E-state index < -0.39 is 0 Å². The van der Waals surface area contributed by atoms with Crippen LogP contribution in [0.5, 0.6) is 17.2 Å². The van der Waals surface area contributed by atoms with Crippen LogP contribution >= 0.6 is 0 Å². The first-order chi connectivity index (χ1) is 10.7. The lowest BCUT2D eigenvalue weighted by atomic mass is 10.1. The number of likely N-dealkylation sites (N-methyl/N-ethyl adjacent to an activating group) is 1. The van der Waals surface area contributed by atoms with Gasteiger partial charge in [-0.05, 0) is 44.5 Å². The summed E-state index contributed by atoms with van der Waals surface area (Å²) in [6, 6.07) is 2.72. The fraction of sp³-hybridized carbons (Fsp3) is 0.647. The highest BCUT2D eigenvalue weighted by atomic mass is 16.5. The second-order valence-corrected chi connectivity index (χ2v) is 6.13. The van der Waals surface area contributed by atoms with Gasteiger partial charge >= 0.3 is 0 Å². The molecule has 1 aromatic rings. The molecule has 0 spiro atoms. The van der Waals surface area contributed by atoms with E-state index in [0.717, 1.165) is 31.0 Å². The summed E-state index contributed by atoms with van der Waals surface area (Å²) in [5.74, 6) is 2.24. The minimum Gasteiger partial charge on any atom is -0.493 e. The molecule has 0 aliphatic carbocycles. The molecular weight excluding hydrogens is 280 g/mol. The van der Waals surface area contributed by atoms with Gasteiger partial charge in [0.05, 0.1) is 27.0 Å². The van der Waals surface area contributed by atoms with E-state index >= 15 is 0 Å². The van der Waals surface area contributed by atoms with E-state index in [1.165, 1.54) is 30.6 Å². The molecule has 22 heavy (non-hydrogen) atoms. The molecule has 122 valence electrons. The van der Waals surface area contributed by atoms with Crippen molar-refractivity contribution in [2.24, 2.45) is 0 Å². The minimum atomic E-state index is 0.628. The smallest absolute Gasteiger partial charge is 0.205 e. The molecule has 1 saturated heterocycles. The predicted octanol–water partition coefficient (Wildman–Crippen LogP) is 2.17.